The SMILES string of the molecule is COc1cccc(NC(=O)CNC2(c3nc(C)cs3)CCCC2)c1. The van der Waals surface area contributed by atoms with Crippen LogP contribution in [0.1, 0.15) is 36.4 Å². The highest BCUT2D eigenvalue weighted by atomic mass is 32.1. The number of benzene rings is 1. The van der Waals surface area contributed by atoms with Crippen molar-refractivity contribution in [2.24, 2.45) is 0 Å². The van der Waals surface area contributed by atoms with Gasteiger partial charge in [0.15, 0.2) is 0 Å². The van der Waals surface area contributed by atoms with Gasteiger partial charge in [0.2, 0.25) is 5.91 Å². The first-order chi connectivity index (χ1) is 11.6. The van der Waals surface area contributed by atoms with Crippen molar-refractivity contribution >= 4 is 22.9 Å². The highest BCUT2D eigenvalue weighted by Gasteiger charge is 2.38. The Morgan fingerprint density at radius 1 is 1.38 bits per heavy atom. The van der Waals surface area contributed by atoms with Gasteiger partial charge in [-0.2, -0.15) is 0 Å². The fourth-order valence-corrected chi connectivity index (χ4v) is 4.21. The van der Waals surface area contributed by atoms with Crippen LogP contribution in [-0.4, -0.2) is 24.5 Å². The smallest absolute Gasteiger partial charge is 0.238 e. The van der Waals surface area contributed by atoms with Gasteiger partial charge < -0.3 is 10.1 Å². The minimum absolute atomic E-state index is 0.0530. The molecule has 24 heavy (non-hydrogen) atoms. The largest absolute Gasteiger partial charge is 0.497 e. The van der Waals surface area contributed by atoms with Crippen LogP contribution in [0.5, 0.6) is 5.75 Å². The zero-order valence-corrected chi connectivity index (χ0v) is 14.9. The maximum absolute atomic E-state index is 12.3. The van der Waals surface area contributed by atoms with Gasteiger partial charge in [-0.15, -0.1) is 11.3 Å². The molecule has 1 aromatic heterocycles. The fraction of sp³-hybridized carbons (Fsp3) is 0.444. The predicted molar refractivity (Wildman–Crippen MR) is 96.6 cm³/mol. The van der Waals surface area contributed by atoms with Crippen LogP contribution in [0, 0.1) is 6.92 Å². The van der Waals surface area contributed by atoms with Crippen LogP contribution in [0.2, 0.25) is 0 Å². The molecule has 0 spiro atoms. The zero-order valence-electron chi connectivity index (χ0n) is 14.1. The second-order valence-corrected chi connectivity index (χ2v) is 7.08. The molecule has 1 aliphatic rings. The summed E-state index contributed by atoms with van der Waals surface area (Å²) in [5.41, 5.74) is 1.64. The number of rotatable bonds is 6. The Kier molecular flexibility index (Phi) is 5.16. The number of anilines is 1. The molecule has 1 aromatic carbocycles. The molecular formula is C18H23N3O2S. The van der Waals surface area contributed by atoms with Gasteiger partial charge in [0.1, 0.15) is 10.8 Å². The summed E-state index contributed by atoms with van der Waals surface area (Å²) >= 11 is 1.68. The molecule has 0 atom stereocenters. The van der Waals surface area contributed by atoms with E-state index in [-0.39, 0.29) is 18.0 Å². The molecule has 1 heterocycles. The van der Waals surface area contributed by atoms with Gasteiger partial charge in [-0.25, -0.2) is 4.98 Å². The summed E-state index contributed by atoms with van der Waals surface area (Å²) in [6.45, 7) is 2.29. The van der Waals surface area contributed by atoms with E-state index in [4.69, 9.17) is 4.74 Å². The zero-order chi connectivity index (χ0) is 17.0. The molecule has 3 rings (SSSR count). The van der Waals surface area contributed by atoms with E-state index < -0.39 is 0 Å². The van der Waals surface area contributed by atoms with Crippen LogP contribution in [0.15, 0.2) is 29.6 Å². The van der Waals surface area contributed by atoms with E-state index in [9.17, 15) is 4.79 Å². The minimum atomic E-state index is -0.148. The number of ether oxygens (including phenoxy) is 1. The van der Waals surface area contributed by atoms with Crippen molar-refractivity contribution in [2.45, 2.75) is 38.1 Å². The van der Waals surface area contributed by atoms with Crippen molar-refractivity contribution in [3.8, 4) is 5.75 Å². The number of aryl methyl sites for hydroxylation is 1. The summed E-state index contributed by atoms with van der Waals surface area (Å²) < 4.78 is 5.18. The molecule has 1 fully saturated rings. The number of hydrogen-bond donors (Lipinski definition) is 2. The molecule has 6 heteroatoms. The van der Waals surface area contributed by atoms with E-state index in [1.165, 1.54) is 12.8 Å². The molecule has 0 unspecified atom stereocenters. The predicted octanol–water partition coefficient (Wildman–Crippen LogP) is 3.46. The number of amides is 1. The van der Waals surface area contributed by atoms with Crippen LogP contribution >= 0.6 is 11.3 Å². The summed E-state index contributed by atoms with van der Waals surface area (Å²) in [4.78, 5) is 17.0. The Bertz CT molecular complexity index is 708. The molecule has 0 radical (unpaired) electrons. The summed E-state index contributed by atoms with van der Waals surface area (Å²) in [7, 11) is 1.61. The first kappa shape index (κ1) is 16.9. The maximum Gasteiger partial charge on any atom is 0.238 e. The molecule has 5 nitrogen and oxygen atoms in total. The maximum atomic E-state index is 12.3. The summed E-state index contributed by atoms with van der Waals surface area (Å²) in [5.74, 6) is 0.675. The second-order valence-electron chi connectivity index (χ2n) is 6.22. The Morgan fingerprint density at radius 3 is 2.83 bits per heavy atom. The normalized spacial score (nSPS) is 16.1. The van der Waals surface area contributed by atoms with Crippen molar-refractivity contribution in [3.05, 3.63) is 40.3 Å². The molecule has 2 N–H and O–H groups in total. The molecule has 1 amide bonds. The molecule has 1 saturated carbocycles. The second kappa shape index (κ2) is 7.32. The van der Waals surface area contributed by atoms with E-state index in [2.05, 4.69) is 21.0 Å². The lowest BCUT2D eigenvalue weighted by Crippen LogP contribution is -2.44. The number of carbonyl (C=O) groups is 1. The Hall–Kier alpha value is -1.92. The Balaban J connectivity index is 1.63. The van der Waals surface area contributed by atoms with Crippen LogP contribution in [0.4, 0.5) is 5.69 Å². The Labute approximate surface area is 146 Å². The number of nitrogens with one attached hydrogen (secondary N) is 2. The third kappa shape index (κ3) is 3.76. The number of hydrogen-bond acceptors (Lipinski definition) is 5. The van der Waals surface area contributed by atoms with Gasteiger partial charge in [-0.3, -0.25) is 10.1 Å². The van der Waals surface area contributed by atoms with E-state index >= 15 is 0 Å². The first-order valence-electron chi connectivity index (χ1n) is 8.23. The van der Waals surface area contributed by atoms with Crippen molar-refractivity contribution in [2.75, 3.05) is 19.0 Å². The van der Waals surface area contributed by atoms with Crippen molar-refractivity contribution in [1.29, 1.82) is 0 Å². The van der Waals surface area contributed by atoms with Gasteiger partial charge >= 0.3 is 0 Å². The summed E-state index contributed by atoms with van der Waals surface area (Å²) in [5, 5.41) is 9.57. The third-order valence-corrected chi connectivity index (χ3v) is 5.59. The van der Waals surface area contributed by atoms with Crippen LogP contribution in [0.25, 0.3) is 0 Å². The molecule has 0 aliphatic heterocycles. The van der Waals surface area contributed by atoms with Gasteiger partial charge in [0.05, 0.1) is 19.2 Å². The van der Waals surface area contributed by atoms with E-state index in [0.717, 1.165) is 35.0 Å². The number of methoxy groups -OCH3 is 1. The van der Waals surface area contributed by atoms with Crippen LogP contribution in [-0.2, 0) is 10.3 Å². The highest BCUT2D eigenvalue weighted by Crippen LogP contribution is 2.39. The molecule has 128 valence electrons. The quantitative estimate of drug-likeness (QED) is 0.842. The van der Waals surface area contributed by atoms with Crippen molar-refractivity contribution in [3.63, 3.8) is 0 Å². The first-order valence-corrected chi connectivity index (χ1v) is 9.11. The van der Waals surface area contributed by atoms with Crippen molar-refractivity contribution in [1.82, 2.24) is 10.3 Å². The fourth-order valence-electron chi connectivity index (χ4n) is 3.17. The topological polar surface area (TPSA) is 63.2 Å². The number of carbonyl (C=O) groups excluding carboxylic acids is 1. The number of thiazole rings is 1. The highest BCUT2D eigenvalue weighted by molar-refractivity contribution is 7.09. The molecular weight excluding hydrogens is 322 g/mol. The lowest BCUT2D eigenvalue weighted by molar-refractivity contribution is -0.115. The van der Waals surface area contributed by atoms with E-state index in [1.807, 2.05) is 31.2 Å². The van der Waals surface area contributed by atoms with Crippen LogP contribution in [0.3, 0.4) is 0 Å². The van der Waals surface area contributed by atoms with Gasteiger partial charge in [0, 0.05) is 22.8 Å². The standard InChI is InChI=1S/C18H23N3O2S/c1-13-12-24-17(20-13)18(8-3-4-9-18)19-11-16(22)21-14-6-5-7-15(10-14)23-2/h5-7,10,12,19H,3-4,8-9,11H2,1-2H3,(H,21,22). The average molecular weight is 345 g/mol. The van der Waals surface area contributed by atoms with E-state index in [0.29, 0.717) is 0 Å². The summed E-state index contributed by atoms with van der Waals surface area (Å²) in [6, 6.07) is 7.38. The van der Waals surface area contributed by atoms with Gasteiger partial charge in [0.25, 0.3) is 0 Å². The molecule has 2 aromatic rings. The third-order valence-electron chi connectivity index (χ3n) is 4.43. The van der Waals surface area contributed by atoms with Crippen LogP contribution < -0.4 is 15.4 Å². The minimum Gasteiger partial charge on any atom is -0.497 e. The van der Waals surface area contributed by atoms with Gasteiger partial charge in [-0.05, 0) is 31.9 Å². The molecule has 0 saturated heterocycles. The Morgan fingerprint density at radius 2 is 2.17 bits per heavy atom. The lowest BCUT2D eigenvalue weighted by Gasteiger charge is -2.28. The average Bonchev–Trinajstić information content (AvgIpc) is 3.23. The molecule has 0 bridgehead atoms. The molecule has 1 aliphatic carbocycles. The van der Waals surface area contributed by atoms with E-state index in [1.54, 1.807) is 18.4 Å². The summed E-state index contributed by atoms with van der Waals surface area (Å²) in [6.07, 6.45) is 4.41. The van der Waals surface area contributed by atoms with Gasteiger partial charge in [-0.1, -0.05) is 18.9 Å². The number of aromatic nitrogens is 1. The lowest BCUT2D eigenvalue weighted by atomic mass is 9.98. The number of nitrogens with zero attached hydrogens (tertiary/aromatic N) is 1. The monoisotopic (exact) mass is 345 g/mol. The van der Waals surface area contributed by atoms with Crippen molar-refractivity contribution < 1.29 is 9.53 Å².